The molecule has 0 fully saturated rings. The zero-order chi connectivity index (χ0) is 25.1. The molecule has 184 valence electrons. The minimum Gasteiger partial charge on any atom is -0.497 e. The summed E-state index contributed by atoms with van der Waals surface area (Å²) in [5.41, 5.74) is 2.36. The number of aryl methyl sites for hydroxylation is 1. The van der Waals surface area contributed by atoms with Crippen LogP contribution < -0.4 is 29.8 Å². The number of aromatic nitrogens is 3. The van der Waals surface area contributed by atoms with Crippen LogP contribution in [0.25, 0.3) is 16.6 Å². The van der Waals surface area contributed by atoms with Crippen molar-refractivity contribution in [1.82, 2.24) is 19.5 Å². The first-order valence-electron chi connectivity index (χ1n) is 11.0. The minimum absolute atomic E-state index is 0.0100. The summed E-state index contributed by atoms with van der Waals surface area (Å²) in [5, 5.41) is 3.64. The van der Waals surface area contributed by atoms with Crippen molar-refractivity contribution in [3.8, 4) is 23.0 Å². The topological polar surface area (TPSA) is 105 Å². The van der Waals surface area contributed by atoms with E-state index in [-0.39, 0.29) is 18.0 Å². The molecule has 4 aromatic rings. The van der Waals surface area contributed by atoms with Crippen LogP contribution in [0.1, 0.15) is 11.3 Å². The molecule has 0 spiro atoms. The number of hydrogen-bond acceptors (Lipinski definition) is 7. The summed E-state index contributed by atoms with van der Waals surface area (Å²) >= 11 is 0. The molecule has 10 heteroatoms. The van der Waals surface area contributed by atoms with Crippen LogP contribution in [0.4, 0.5) is 0 Å². The van der Waals surface area contributed by atoms with Crippen LogP contribution >= 0.6 is 0 Å². The fourth-order valence-electron chi connectivity index (χ4n) is 4.20. The first-order valence-corrected chi connectivity index (χ1v) is 11.0. The molecule has 0 atom stereocenters. The maximum absolute atomic E-state index is 13.0. The second kappa shape index (κ2) is 9.96. The van der Waals surface area contributed by atoms with Crippen LogP contribution in [0.5, 0.6) is 23.0 Å². The number of ether oxygens (including phenoxy) is 4. The van der Waals surface area contributed by atoms with E-state index in [2.05, 4.69) is 10.3 Å². The summed E-state index contributed by atoms with van der Waals surface area (Å²) in [6, 6.07) is 10.5. The van der Waals surface area contributed by atoms with Crippen LogP contribution in [-0.4, -0.2) is 55.1 Å². The van der Waals surface area contributed by atoms with E-state index in [9.17, 15) is 9.59 Å². The predicted molar refractivity (Wildman–Crippen MR) is 131 cm³/mol. The molecule has 2 aromatic heterocycles. The molecule has 0 aliphatic carbocycles. The van der Waals surface area contributed by atoms with E-state index in [1.54, 1.807) is 56.7 Å². The van der Waals surface area contributed by atoms with E-state index in [1.807, 2.05) is 18.2 Å². The lowest BCUT2D eigenvalue weighted by molar-refractivity contribution is -0.121. The fraction of sp³-hybridized carbons (Fsp3) is 0.320. The predicted octanol–water partition coefficient (Wildman–Crippen LogP) is 2.35. The third-order valence-corrected chi connectivity index (χ3v) is 5.84. The molecular weight excluding hydrogens is 452 g/mol. The van der Waals surface area contributed by atoms with Gasteiger partial charge in [0.2, 0.25) is 5.91 Å². The lowest BCUT2D eigenvalue weighted by Gasteiger charge is -2.13. The Kier molecular flexibility index (Phi) is 6.81. The second-order valence-corrected chi connectivity index (χ2v) is 7.93. The molecular formula is C25H28N4O6. The molecule has 0 radical (unpaired) electrons. The van der Waals surface area contributed by atoms with Gasteiger partial charge in [0.15, 0.2) is 17.1 Å². The lowest BCUT2D eigenvalue weighted by Crippen LogP contribution is -2.31. The van der Waals surface area contributed by atoms with Crippen molar-refractivity contribution < 1.29 is 23.7 Å². The van der Waals surface area contributed by atoms with Gasteiger partial charge in [-0.15, -0.1) is 0 Å². The highest BCUT2D eigenvalue weighted by molar-refractivity contribution is 5.96. The van der Waals surface area contributed by atoms with Gasteiger partial charge in [0.25, 0.3) is 5.56 Å². The Morgan fingerprint density at radius 2 is 1.66 bits per heavy atom. The van der Waals surface area contributed by atoms with Gasteiger partial charge in [-0.3, -0.25) is 14.3 Å². The monoisotopic (exact) mass is 480 g/mol. The van der Waals surface area contributed by atoms with Crippen molar-refractivity contribution in [2.75, 3.05) is 35.0 Å². The van der Waals surface area contributed by atoms with E-state index in [0.717, 1.165) is 17.1 Å². The van der Waals surface area contributed by atoms with Gasteiger partial charge in [-0.25, -0.2) is 4.52 Å². The first kappa shape index (κ1) is 23.9. The fourth-order valence-corrected chi connectivity index (χ4v) is 4.20. The number of amides is 1. The molecule has 35 heavy (non-hydrogen) atoms. The van der Waals surface area contributed by atoms with Gasteiger partial charge in [-0.2, -0.15) is 4.98 Å². The van der Waals surface area contributed by atoms with Crippen molar-refractivity contribution in [1.29, 1.82) is 0 Å². The molecule has 1 N–H and O–H groups in total. The molecule has 10 nitrogen and oxygen atoms in total. The van der Waals surface area contributed by atoms with E-state index in [1.165, 1.54) is 6.07 Å². The smallest absolute Gasteiger partial charge is 0.273 e. The van der Waals surface area contributed by atoms with E-state index in [0.29, 0.717) is 46.7 Å². The average molecular weight is 481 g/mol. The Morgan fingerprint density at radius 1 is 0.943 bits per heavy atom. The molecule has 0 saturated carbocycles. The maximum Gasteiger partial charge on any atom is 0.273 e. The van der Waals surface area contributed by atoms with Gasteiger partial charge in [0.05, 0.1) is 34.0 Å². The summed E-state index contributed by atoms with van der Waals surface area (Å²) in [7, 11) is 6.30. The lowest BCUT2D eigenvalue weighted by atomic mass is 10.1. The first-order chi connectivity index (χ1) is 16.9. The van der Waals surface area contributed by atoms with Gasteiger partial charge in [0.1, 0.15) is 18.0 Å². The second-order valence-electron chi connectivity index (χ2n) is 7.93. The van der Waals surface area contributed by atoms with Crippen molar-refractivity contribution >= 4 is 22.5 Å². The molecule has 1 amide bonds. The number of carbonyl (C=O) groups is 1. The molecule has 4 rings (SSSR count). The van der Waals surface area contributed by atoms with Crippen molar-refractivity contribution in [2.24, 2.45) is 0 Å². The molecule has 0 aliphatic rings. The molecule has 0 bridgehead atoms. The number of nitrogens with one attached hydrogen (secondary N) is 1. The molecule has 2 aromatic carbocycles. The summed E-state index contributed by atoms with van der Waals surface area (Å²) in [6.07, 6.45) is 0.567. The summed E-state index contributed by atoms with van der Waals surface area (Å²) in [4.78, 5) is 29.3. The summed E-state index contributed by atoms with van der Waals surface area (Å²) in [6.45, 7) is 2.21. The largest absolute Gasteiger partial charge is 0.497 e. The zero-order valence-electron chi connectivity index (χ0n) is 20.4. The van der Waals surface area contributed by atoms with Crippen LogP contribution in [0.15, 0.2) is 41.2 Å². The van der Waals surface area contributed by atoms with Gasteiger partial charge in [-0.1, -0.05) is 0 Å². The average Bonchev–Trinajstić information content (AvgIpc) is 3.15. The molecule has 0 saturated heterocycles. The normalized spacial score (nSPS) is 11.0. The standard InChI is InChI=1S/C25H28N4O6/c1-15-10-23(30)27-25-18-12-21(34-4)22(35-5)13-19(18)28(29(15)25)14-24(31)26-9-8-16-11-17(32-2)6-7-20(16)33-3/h6-7,10-13H,8-9,14H2,1-5H3,(H,26,31). The molecule has 2 heterocycles. The Labute approximate surface area is 202 Å². The van der Waals surface area contributed by atoms with E-state index < -0.39 is 0 Å². The third kappa shape index (κ3) is 4.59. The van der Waals surface area contributed by atoms with Crippen LogP contribution in [-0.2, 0) is 17.8 Å². The number of rotatable bonds is 9. The van der Waals surface area contributed by atoms with Gasteiger partial charge < -0.3 is 24.3 Å². The number of carbonyl (C=O) groups excluding carboxylic acids is 1. The molecule has 0 unspecified atom stereocenters. The van der Waals surface area contributed by atoms with Crippen LogP contribution in [0.2, 0.25) is 0 Å². The van der Waals surface area contributed by atoms with E-state index >= 15 is 0 Å². The Balaban J connectivity index is 1.64. The van der Waals surface area contributed by atoms with Crippen LogP contribution in [0, 0.1) is 6.92 Å². The highest BCUT2D eigenvalue weighted by Gasteiger charge is 2.19. The van der Waals surface area contributed by atoms with E-state index in [4.69, 9.17) is 18.9 Å². The van der Waals surface area contributed by atoms with Crippen molar-refractivity contribution in [2.45, 2.75) is 19.9 Å². The van der Waals surface area contributed by atoms with Crippen LogP contribution in [0.3, 0.4) is 0 Å². The maximum atomic E-state index is 13.0. The number of methoxy groups -OCH3 is 4. The number of nitrogens with zero attached hydrogens (tertiary/aromatic N) is 3. The Bertz CT molecular complexity index is 1460. The van der Waals surface area contributed by atoms with Gasteiger partial charge in [-0.05, 0) is 43.2 Å². The summed E-state index contributed by atoms with van der Waals surface area (Å²) < 4.78 is 25.1. The summed E-state index contributed by atoms with van der Waals surface area (Å²) in [5.74, 6) is 2.27. The number of fused-ring (bicyclic) bond motifs is 3. The number of benzene rings is 2. The zero-order valence-corrected chi connectivity index (χ0v) is 20.4. The highest BCUT2D eigenvalue weighted by Crippen LogP contribution is 2.34. The minimum atomic E-state index is -0.354. The molecule has 0 aliphatic heterocycles. The van der Waals surface area contributed by atoms with Crippen molar-refractivity contribution in [3.63, 3.8) is 0 Å². The van der Waals surface area contributed by atoms with Gasteiger partial charge in [0, 0.05) is 29.8 Å². The third-order valence-electron chi connectivity index (χ3n) is 5.84. The van der Waals surface area contributed by atoms with Crippen molar-refractivity contribution in [3.05, 3.63) is 58.0 Å². The Hall–Kier alpha value is -4.21. The quantitative estimate of drug-likeness (QED) is 0.392. The Morgan fingerprint density at radius 3 is 2.34 bits per heavy atom. The van der Waals surface area contributed by atoms with Gasteiger partial charge >= 0.3 is 0 Å². The SMILES string of the molecule is COc1ccc(OC)c(CCNC(=O)Cn2c3cc(OC)c(OC)cc3c3nc(=O)cc(C)n32)c1. The highest BCUT2D eigenvalue weighted by atomic mass is 16.5. The number of hydrogen-bond donors (Lipinski definition) is 1.